The summed E-state index contributed by atoms with van der Waals surface area (Å²) < 4.78 is 42.1. The number of unbranched alkanes of at least 4 members (excludes halogenated alkanes) is 12. The van der Waals surface area contributed by atoms with Crippen LogP contribution in [0.25, 0.3) is 0 Å². The van der Waals surface area contributed by atoms with Gasteiger partial charge in [-0.2, -0.15) is 8.42 Å². The van der Waals surface area contributed by atoms with Crippen LogP contribution in [0.1, 0.15) is 97.3 Å². The maximum Gasteiger partial charge on any atom is 0.426 e. The molecule has 0 saturated carbocycles. The normalized spacial score (nSPS) is 11.9. The van der Waals surface area contributed by atoms with Gasteiger partial charge in [-0.1, -0.05) is 88.3 Å². The van der Waals surface area contributed by atoms with Crippen molar-refractivity contribution in [1.29, 1.82) is 0 Å². The smallest absolute Gasteiger partial charge is 0.379 e. The monoisotopic (exact) mass is 440 g/mol. The van der Waals surface area contributed by atoms with E-state index in [-0.39, 0.29) is 19.8 Å². The average molecular weight is 441 g/mol. The second-order valence-corrected chi connectivity index (χ2v) is 8.36. The van der Waals surface area contributed by atoms with Crippen molar-refractivity contribution < 1.29 is 31.3 Å². The molecule has 0 aliphatic rings. The first kappa shape index (κ1) is 28.8. The summed E-state index contributed by atoms with van der Waals surface area (Å²) in [6, 6.07) is 0. The second-order valence-electron chi connectivity index (χ2n) is 7.17. The zero-order valence-electron chi connectivity index (χ0n) is 18.7. The van der Waals surface area contributed by atoms with Crippen LogP contribution in [0.4, 0.5) is 0 Å². The fraction of sp³-hybridized carbons (Fsp3) is 1.00. The molecule has 176 valence electrons. The first-order chi connectivity index (χ1) is 14.1. The number of hydrogen-bond acceptors (Lipinski definition) is 7. The Morgan fingerprint density at radius 3 is 1.59 bits per heavy atom. The molecule has 0 radical (unpaired) electrons. The van der Waals surface area contributed by atoms with Crippen LogP contribution in [0.3, 0.4) is 0 Å². The molecule has 7 nitrogen and oxygen atoms in total. The average Bonchev–Trinajstić information content (AvgIpc) is 2.70. The lowest BCUT2D eigenvalue weighted by molar-refractivity contribution is -0.210. The van der Waals surface area contributed by atoms with Crippen molar-refractivity contribution in [3.63, 3.8) is 0 Å². The van der Waals surface area contributed by atoms with Gasteiger partial charge < -0.3 is 9.47 Å². The van der Waals surface area contributed by atoms with Crippen molar-refractivity contribution in [3.05, 3.63) is 0 Å². The molecule has 0 aliphatic carbocycles. The summed E-state index contributed by atoms with van der Waals surface area (Å²) >= 11 is 0. The molecule has 0 saturated heterocycles. The van der Waals surface area contributed by atoms with Gasteiger partial charge in [0.25, 0.3) is 0 Å². The van der Waals surface area contributed by atoms with Crippen LogP contribution in [-0.2, 0) is 33.3 Å². The highest BCUT2D eigenvalue weighted by atomic mass is 32.3. The molecule has 0 spiro atoms. The second kappa shape index (κ2) is 22.4. The SMILES string of the molecule is CCCCCCCCCCCCCCCOOS(=O)(=O)OCCOCCOCC. The standard InChI is InChI=1S/C21H44O7S/c1-3-5-6-7-8-9-10-11-12-13-14-15-16-17-26-28-29(22,23)27-21-20-25-19-18-24-4-2/h3-21H2,1-2H3. The summed E-state index contributed by atoms with van der Waals surface area (Å²) in [6.07, 6.45) is 16.3. The predicted octanol–water partition coefficient (Wildman–Crippen LogP) is 5.34. The topological polar surface area (TPSA) is 80.3 Å². The molecule has 0 aliphatic heterocycles. The third-order valence-corrected chi connectivity index (χ3v) is 5.21. The summed E-state index contributed by atoms with van der Waals surface area (Å²) in [5.41, 5.74) is 0. The van der Waals surface area contributed by atoms with Gasteiger partial charge >= 0.3 is 10.4 Å². The molecule has 0 rings (SSSR count). The third-order valence-electron chi connectivity index (χ3n) is 4.49. The summed E-state index contributed by atoms with van der Waals surface area (Å²) in [5, 5.41) is 0. The van der Waals surface area contributed by atoms with E-state index in [4.69, 9.17) is 14.4 Å². The van der Waals surface area contributed by atoms with E-state index in [1.54, 1.807) is 0 Å². The largest absolute Gasteiger partial charge is 0.426 e. The summed E-state index contributed by atoms with van der Waals surface area (Å²) in [7, 11) is -4.13. The van der Waals surface area contributed by atoms with Crippen LogP contribution in [0.2, 0.25) is 0 Å². The van der Waals surface area contributed by atoms with Gasteiger partial charge in [-0.25, -0.2) is 9.07 Å². The van der Waals surface area contributed by atoms with Gasteiger partial charge in [-0.05, 0) is 13.3 Å². The van der Waals surface area contributed by atoms with Gasteiger partial charge in [0.1, 0.15) is 0 Å². The van der Waals surface area contributed by atoms with E-state index in [2.05, 4.69) is 15.4 Å². The third kappa shape index (κ3) is 23.9. The van der Waals surface area contributed by atoms with E-state index in [9.17, 15) is 8.42 Å². The van der Waals surface area contributed by atoms with Crippen molar-refractivity contribution in [2.45, 2.75) is 97.3 Å². The molecular weight excluding hydrogens is 396 g/mol. The molecule has 0 bridgehead atoms. The van der Waals surface area contributed by atoms with E-state index >= 15 is 0 Å². The Morgan fingerprint density at radius 1 is 0.552 bits per heavy atom. The molecule has 0 aromatic heterocycles. The minimum Gasteiger partial charge on any atom is -0.379 e. The number of rotatable bonds is 24. The van der Waals surface area contributed by atoms with Gasteiger partial charge in [0.2, 0.25) is 0 Å². The van der Waals surface area contributed by atoms with Gasteiger partial charge in [-0.15, -0.1) is 0 Å². The van der Waals surface area contributed by atoms with Crippen molar-refractivity contribution in [2.24, 2.45) is 0 Å². The Bertz CT molecular complexity index is 415. The molecule has 0 unspecified atom stereocenters. The molecule has 0 aromatic rings. The fourth-order valence-electron chi connectivity index (χ4n) is 2.85. The van der Waals surface area contributed by atoms with Crippen LogP contribution in [0.15, 0.2) is 0 Å². The fourth-order valence-corrected chi connectivity index (χ4v) is 3.35. The van der Waals surface area contributed by atoms with Crippen molar-refractivity contribution in [3.8, 4) is 0 Å². The Morgan fingerprint density at radius 2 is 1.03 bits per heavy atom. The molecule has 0 heterocycles. The van der Waals surface area contributed by atoms with E-state index < -0.39 is 10.4 Å². The van der Waals surface area contributed by atoms with Crippen molar-refractivity contribution in [1.82, 2.24) is 0 Å². The number of ether oxygens (including phenoxy) is 2. The van der Waals surface area contributed by atoms with Gasteiger partial charge in [-0.3, -0.25) is 0 Å². The quantitative estimate of drug-likeness (QED) is 0.114. The lowest BCUT2D eigenvalue weighted by atomic mass is 10.0. The Hall–Kier alpha value is -0.250. The molecular formula is C21H44O7S. The van der Waals surface area contributed by atoms with E-state index in [1.807, 2.05) is 6.92 Å². The first-order valence-corrected chi connectivity index (χ1v) is 12.8. The van der Waals surface area contributed by atoms with Crippen LogP contribution in [0, 0.1) is 0 Å². The zero-order valence-corrected chi connectivity index (χ0v) is 19.5. The predicted molar refractivity (Wildman–Crippen MR) is 115 cm³/mol. The lowest BCUT2D eigenvalue weighted by Gasteiger charge is -2.06. The van der Waals surface area contributed by atoms with Crippen molar-refractivity contribution >= 4 is 10.4 Å². The highest BCUT2D eigenvalue weighted by molar-refractivity contribution is 7.81. The number of hydrogen-bond donors (Lipinski definition) is 0. The molecule has 0 amide bonds. The Balaban J connectivity index is 3.28. The highest BCUT2D eigenvalue weighted by Gasteiger charge is 2.13. The molecule has 0 N–H and O–H groups in total. The molecule has 0 atom stereocenters. The van der Waals surface area contributed by atoms with Crippen molar-refractivity contribution in [2.75, 3.05) is 39.6 Å². The van der Waals surface area contributed by atoms with Gasteiger partial charge in [0.15, 0.2) is 0 Å². The molecule has 29 heavy (non-hydrogen) atoms. The van der Waals surface area contributed by atoms with E-state index in [0.717, 1.165) is 19.3 Å². The molecule has 0 aromatic carbocycles. The van der Waals surface area contributed by atoms with Gasteiger partial charge in [0.05, 0.1) is 33.0 Å². The highest BCUT2D eigenvalue weighted by Crippen LogP contribution is 2.12. The van der Waals surface area contributed by atoms with Crippen LogP contribution < -0.4 is 0 Å². The summed E-state index contributed by atoms with van der Waals surface area (Å²) in [6.45, 7) is 5.91. The minimum atomic E-state index is -4.13. The van der Waals surface area contributed by atoms with Gasteiger partial charge in [0, 0.05) is 6.61 Å². The maximum atomic E-state index is 11.4. The molecule has 0 fully saturated rings. The Labute approximate surface area is 179 Å². The van der Waals surface area contributed by atoms with Crippen LogP contribution in [0.5, 0.6) is 0 Å². The summed E-state index contributed by atoms with van der Waals surface area (Å²) in [5.74, 6) is 0. The molecule has 8 heteroatoms. The van der Waals surface area contributed by atoms with E-state index in [1.165, 1.54) is 64.2 Å². The zero-order chi connectivity index (χ0) is 21.5. The first-order valence-electron chi connectivity index (χ1n) is 11.5. The van der Waals surface area contributed by atoms with Crippen LogP contribution >= 0.6 is 0 Å². The minimum absolute atomic E-state index is 0.115. The van der Waals surface area contributed by atoms with E-state index in [0.29, 0.717) is 19.8 Å². The Kier molecular flexibility index (Phi) is 22.2. The maximum absolute atomic E-state index is 11.4. The van der Waals surface area contributed by atoms with Crippen LogP contribution in [-0.4, -0.2) is 48.1 Å². The summed E-state index contributed by atoms with van der Waals surface area (Å²) in [4.78, 5) is 4.73. The lowest BCUT2D eigenvalue weighted by Crippen LogP contribution is -2.16.